The summed E-state index contributed by atoms with van der Waals surface area (Å²) in [6, 6.07) is 8.17. The van der Waals surface area contributed by atoms with Crippen LogP contribution in [-0.4, -0.2) is 42.3 Å². The molecule has 1 aliphatic rings. The molecule has 0 spiro atoms. The molecule has 25 heavy (non-hydrogen) atoms. The SMILES string of the molecule is CC[NH+](Cn1nc(Nc2ccccc2C)sc1=S)[C@@H]1CCS(=O)(=O)C1. The summed E-state index contributed by atoms with van der Waals surface area (Å²) in [5.41, 5.74) is 2.16. The zero-order chi connectivity index (χ0) is 18.0. The molecule has 1 aromatic heterocycles. The second kappa shape index (κ2) is 7.53. The number of rotatable bonds is 6. The number of hydrogen-bond acceptors (Lipinski definition) is 6. The summed E-state index contributed by atoms with van der Waals surface area (Å²) in [6.07, 6.45) is 0.720. The quantitative estimate of drug-likeness (QED) is 0.725. The molecule has 1 saturated heterocycles. The number of benzene rings is 1. The summed E-state index contributed by atoms with van der Waals surface area (Å²) in [6.45, 7) is 5.56. The Bertz CT molecular complexity index is 904. The van der Waals surface area contributed by atoms with Crippen molar-refractivity contribution >= 4 is 44.2 Å². The number of nitrogens with one attached hydrogen (secondary N) is 2. The van der Waals surface area contributed by atoms with Crippen molar-refractivity contribution in [1.29, 1.82) is 0 Å². The van der Waals surface area contributed by atoms with Crippen molar-refractivity contribution in [3.05, 3.63) is 33.8 Å². The lowest BCUT2D eigenvalue weighted by atomic mass is 10.2. The Hall–Kier alpha value is -1.29. The van der Waals surface area contributed by atoms with Gasteiger partial charge in [-0.15, -0.1) is 5.10 Å². The molecule has 1 aliphatic heterocycles. The number of anilines is 2. The van der Waals surface area contributed by atoms with Crippen LogP contribution in [0, 0.1) is 10.9 Å². The van der Waals surface area contributed by atoms with E-state index in [-0.39, 0.29) is 11.8 Å². The van der Waals surface area contributed by atoms with E-state index >= 15 is 0 Å². The normalized spacial score (nSPS) is 20.5. The van der Waals surface area contributed by atoms with Crippen molar-refractivity contribution < 1.29 is 13.3 Å². The lowest BCUT2D eigenvalue weighted by molar-refractivity contribution is -0.943. The van der Waals surface area contributed by atoms with Gasteiger partial charge in [0.25, 0.3) is 0 Å². The first-order chi connectivity index (χ1) is 11.9. The number of nitrogens with zero attached hydrogens (tertiary/aromatic N) is 2. The molecule has 1 unspecified atom stereocenters. The van der Waals surface area contributed by atoms with Gasteiger partial charge in [0, 0.05) is 12.1 Å². The largest absolute Gasteiger partial charge is 0.330 e. The number of aryl methyl sites for hydroxylation is 1. The molecule has 136 valence electrons. The fraction of sp³-hybridized carbons (Fsp3) is 0.500. The third-order valence-corrected chi connectivity index (χ3v) is 7.60. The van der Waals surface area contributed by atoms with E-state index in [0.717, 1.165) is 29.3 Å². The van der Waals surface area contributed by atoms with Crippen LogP contribution in [0.3, 0.4) is 0 Å². The standard InChI is InChI=1S/C16H22N4O2S3/c1-3-19(13-8-9-25(21,22)10-13)11-20-16(23)24-15(18-20)17-14-7-5-4-6-12(14)2/h4-7,13H,3,8-11H2,1-2H3,(H,17,18)/p+1/t13-/m1/s1. The second-order valence-corrected chi connectivity index (χ2v) is 10.2. The predicted molar refractivity (Wildman–Crippen MR) is 104 cm³/mol. The topological polar surface area (TPSA) is 68.4 Å². The number of quaternary nitrogens is 1. The molecule has 1 aromatic carbocycles. The Labute approximate surface area is 157 Å². The molecule has 0 aliphatic carbocycles. The minimum Gasteiger partial charge on any atom is -0.330 e. The van der Waals surface area contributed by atoms with Gasteiger partial charge in [-0.25, -0.2) is 8.42 Å². The fourth-order valence-electron chi connectivity index (χ4n) is 3.12. The number of para-hydroxylation sites is 1. The molecule has 1 fully saturated rings. The Balaban J connectivity index is 1.74. The summed E-state index contributed by atoms with van der Waals surface area (Å²) in [5, 5.41) is 8.67. The summed E-state index contributed by atoms with van der Waals surface area (Å²) < 4.78 is 26.0. The lowest BCUT2D eigenvalue weighted by Crippen LogP contribution is -3.15. The lowest BCUT2D eigenvalue weighted by Gasteiger charge is -2.23. The first kappa shape index (κ1) is 18.5. The van der Waals surface area contributed by atoms with Gasteiger partial charge in [0.2, 0.25) is 5.13 Å². The highest BCUT2D eigenvalue weighted by Crippen LogP contribution is 2.22. The summed E-state index contributed by atoms with van der Waals surface area (Å²) in [4.78, 5) is 1.21. The number of aromatic nitrogens is 2. The van der Waals surface area contributed by atoms with Crippen LogP contribution in [0.1, 0.15) is 18.9 Å². The molecule has 2 atom stereocenters. The van der Waals surface area contributed by atoms with Gasteiger partial charge >= 0.3 is 0 Å². The molecule has 6 nitrogen and oxygen atoms in total. The number of sulfone groups is 1. The summed E-state index contributed by atoms with van der Waals surface area (Å²) in [7, 11) is -2.88. The third-order valence-electron chi connectivity index (χ3n) is 4.61. The molecule has 0 amide bonds. The van der Waals surface area contributed by atoms with Crippen LogP contribution < -0.4 is 10.2 Å². The first-order valence-electron chi connectivity index (χ1n) is 8.33. The van der Waals surface area contributed by atoms with Gasteiger partial charge in [0.1, 0.15) is 11.8 Å². The van der Waals surface area contributed by atoms with E-state index in [0.29, 0.717) is 16.4 Å². The van der Waals surface area contributed by atoms with Crippen molar-refractivity contribution in [1.82, 2.24) is 9.78 Å². The molecule has 0 bridgehead atoms. The molecule has 9 heteroatoms. The fourth-order valence-corrected chi connectivity index (χ4v) is 5.97. The van der Waals surface area contributed by atoms with E-state index in [9.17, 15) is 8.42 Å². The maximum atomic E-state index is 11.8. The first-order valence-corrected chi connectivity index (χ1v) is 11.4. The smallest absolute Gasteiger partial charge is 0.209 e. The number of hydrogen-bond donors (Lipinski definition) is 2. The van der Waals surface area contributed by atoms with E-state index in [1.165, 1.54) is 16.2 Å². The van der Waals surface area contributed by atoms with Crippen molar-refractivity contribution in [3.63, 3.8) is 0 Å². The van der Waals surface area contributed by atoms with Crippen LogP contribution in [0.25, 0.3) is 0 Å². The predicted octanol–water partition coefficient (Wildman–Crippen LogP) is 1.78. The van der Waals surface area contributed by atoms with Gasteiger partial charge < -0.3 is 10.2 Å². The molecule has 2 N–H and O–H groups in total. The van der Waals surface area contributed by atoms with Gasteiger partial charge in [-0.3, -0.25) is 0 Å². The van der Waals surface area contributed by atoms with Crippen molar-refractivity contribution in [2.75, 3.05) is 23.4 Å². The van der Waals surface area contributed by atoms with Gasteiger partial charge in [-0.2, -0.15) is 4.68 Å². The molecule has 2 aromatic rings. The highest BCUT2D eigenvalue weighted by atomic mass is 32.2. The zero-order valence-corrected chi connectivity index (χ0v) is 16.8. The second-order valence-electron chi connectivity index (χ2n) is 6.38. The molecule has 3 rings (SSSR count). The Morgan fingerprint density at radius 3 is 2.84 bits per heavy atom. The van der Waals surface area contributed by atoms with Crippen LogP contribution in [0.2, 0.25) is 0 Å². The Morgan fingerprint density at radius 1 is 1.44 bits per heavy atom. The van der Waals surface area contributed by atoms with E-state index in [4.69, 9.17) is 12.2 Å². The van der Waals surface area contributed by atoms with Gasteiger partial charge in [-0.05, 0) is 37.7 Å². The average molecular weight is 400 g/mol. The van der Waals surface area contributed by atoms with Crippen LogP contribution in [0.15, 0.2) is 24.3 Å². The van der Waals surface area contributed by atoms with Crippen molar-refractivity contribution in [3.8, 4) is 0 Å². The summed E-state index contributed by atoms with van der Waals surface area (Å²) >= 11 is 6.89. The van der Waals surface area contributed by atoms with E-state index in [1.807, 2.05) is 35.9 Å². The van der Waals surface area contributed by atoms with Crippen LogP contribution >= 0.6 is 23.6 Å². The summed E-state index contributed by atoms with van der Waals surface area (Å²) in [5.74, 6) is 0.561. The molecular formula is C16H23N4O2S3+. The highest BCUT2D eigenvalue weighted by Gasteiger charge is 2.35. The minimum atomic E-state index is -2.88. The zero-order valence-electron chi connectivity index (χ0n) is 14.4. The molecule has 0 saturated carbocycles. The van der Waals surface area contributed by atoms with Gasteiger partial charge in [0.15, 0.2) is 20.5 Å². The van der Waals surface area contributed by atoms with Gasteiger partial charge in [-0.1, -0.05) is 29.5 Å². The van der Waals surface area contributed by atoms with Crippen LogP contribution in [0.4, 0.5) is 10.8 Å². The van der Waals surface area contributed by atoms with Crippen LogP contribution in [0.5, 0.6) is 0 Å². The van der Waals surface area contributed by atoms with Gasteiger partial charge in [0.05, 0.1) is 12.3 Å². The third kappa shape index (κ3) is 4.46. The average Bonchev–Trinajstić information content (AvgIpc) is 3.09. The minimum absolute atomic E-state index is 0.131. The molecule has 0 radical (unpaired) electrons. The van der Waals surface area contributed by atoms with Crippen LogP contribution in [-0.2, 0) is 16.5 Å². The monoisotopic (exact) mass is 399 g/mol. The van der Waals surface area contributed by atoms with E-state index in [2.05, 4.69) is 17.3 Å². The molecular weight excluding hydrogens is 376 g/mol. The van der Waals surface area contributed by atoms with E-state index < -0.39 is 9.84 Å². The Kier molecular flexibility index (Phi) is 5.57. The van der Waals surface area contributed by atoms with Crippen molar-refractivity contribution in [2.45, 2.75) is 33.0 Å². The molecule has 2 heterocycles. The Morgan fingerprint density at radius 2 is 2.20 bits per heavy atom. The maximum absolute atomic E-state index is 11.8. The maximum Gasteiger partial charge on any atom is 0.209 e. The highest BCUT2D eigenvalue weighted by molar-refractivity contribution is 7.91. The van der Waals surface area contributed by atoms with Crippen molar-refractivity contribution in [2.24, 2.45) is 0 Å². The van der Waals surface area contributed by atoms with E-state index in [1.54, 1.807) is 0 Å².